The summed E-state index contributed by atoms with van der Waals surface area (Å²) in [6, 6.07) is 20.0. The molecule has 0 aromatic heterocycles. The standard InChI is InChI=1S/C25H27N3O3/c1-17-12-13-20(24(29)27-21-10-5-4-6-11-21)16-22(17)28-25(30)26-14-15-31-23-18(2)8-7-9-19(23)3/h4-13,16H,14-15H2,1-3H3,(H,27,29)(H2,26,28,30). The number of aryl methyl sites for hydroxylation is 3. The SMILES string of the molecule is Cc1ccc(C(=O)Nc2ccccc2)cc1NC(=O)NCCOc1c(C)cccc1C. The van der Waals surface area contributed by atoms with Crippen LogP contribution in [-0.4, -0.2) is 25.1 Å². The zero-order valence-electron chi connectivity index (χ0n) is 18.0. The Morgan fingerprint density at radius 3 is 2.23 bits per heavy atom. The molecule has 0 aliphatic heterocycles. The third-order valence-electron chi connectivity index (χ3n) is 4.82. The Kier molecular flexibility index (Phi) is 7.27. The van der Waals surface area contributed by atoms with Crippen molar-refractivity contribution in [3.05, 3.63) is 89.0 Å². The lowest BCUT2D eigenvalue weighted by Gasteiger charge is -2.14. The minimum absolute atomic E-state index is 0.239. The molecule has 0 radical (unpaired) electrons. The number of rotatable bonds is 7. The molecule has 6 heteroatoms. The van der Waals surface area contributed by atoms with Gasteiger partial charge in [-0.2, -0.15) is 0 Å². The van der Waals surface area contributed by atoms with Crippen molar-refractivity contribution >= 4 is 23.3 Å². The first-order valence-corrected chi connectivity index (χ1v) is 10.1. The molecule has 0 spiro atoms. The average Bonchev–Trinajstić information content (AvgIpc) is 2.75. The summed E-state index contributed by atoms with van der Waals surface area (Å²) in [7, 11) is 0. The molecule has 3 rings (SSSR count). The first-order valence-electron chi connectivity index (χ1n) is 10.1. The highest BCUT2D eigenvalue weighted by Gasteiger charge is 2.11. The van der Waals surface area contributed by atoms with E-state index in [4.69, 9.17) is 4.74 Å². The van der Waals surface area contributed by atoms with Crippen LogP contribution in [0.25, 0.3) is 0 Å². The molecule has 3 amide bonds. The highest BCUT2D eigenvalue weighted by atomic mass is 16.5. The summed E-state index contributed by atoms with van der Waals surface area (Å²) in [6.07, 6.45) is 0. The van der Waals surface area contributed by atoms with E-state index >= 15 is 0 Å². The van der Waals surface area contributed by atoms with Crippen molar-refractivity contribution in [3.63, 3.8) is 0 Å². The highest BCUT2D eigenvalue weighted by molar-refractivity contribution is 6.05. The molecule has 0 bridgehead atoms. The summed E-state index contributed by atoms with van der Waals surface area (Å²) >= 11 is 0. The molecule has 3 N–H and O–H groups in total. The average molecular weight is 418 g/mol. The fourth-order valence-electron chi connectivity index (χ4n) is 3.13. The van der Waals surface area contributed by atoms with E-state index in [0.29, 0.717) is 30.1 Å². The summed E-state index contributed by atoms with van der Waals surface area (Å²) in [5, 5.41) is 8.43. The van der Waals surface area contributed by atoms with Crippen molar-refractivity contribution < 1.29 is 14.3 Å². The number of benzene rings is 3. The van der Waals surface area contributed by atoms with Crippen molar-refractivity contribution in [2.45, 2.75) is 20.8 Å². The van der Waals surface area contributed by atoms with Crippen molar-refractivity contribution in [3.8, 4) is 5.75 Å². The lowest BCUT2D eigenvalue weighted by Crippen LogP contribution is -2.32. The molecule has 160 valence electrons. The Morgan fingerprint density at radius 2 is 1.52 bits per heavy atom. The number of carbonyl (C=O) groups excluding carboxylic acids is 2. The van der Waals surface area contributed by atoms with E-state index in [9.17, 15) is 9.59 Å². The number of para-hydroxylation sites is 2. The number of hydrogen-bond donors (Lipinski definition) is 3. The minimum Gasteiger partial charge on any atom is -0.491 e. The van der Waals surface area contributed by atoms with E-state index in [1.54, 1.807) is 18.2 Å². The predicted octanol–water partition coefficient (Wildman–Crippen LogP) is 5.06. The number of urea groups is 1. The molecule has 3 aromatic rings. The van der Waals surface area contributed by atoms with E-state index in [1.165, 1.54) is 0 Å². The van der Waals surface area contributed by atoms with Gasteiger partial charge in [-0.1, -0.05) is 42.5 Å². The summed E-state index contributed by atoms with van der Waals surface area (Å²) in [5.41, 5.74) is 4.73. The van der Waals surface area contributed by atoms with E-state index in [2.05, 4.69) is 16.0 Å². The molecule has 0 unspecified atom stereocenters. The van der Waals surface area contributed by atoms with E-state index < -0.39 is 0 Å². The number of hydrogen-bond acceptors (Lipinski definition) is 3. The second-order valence-corrected chi connectivity index (χ2v) is 7.30. The molecular weight excluding hydrogens is 390 g/mol. The fourth-order valence-corrected chi connectivity index (χ4v) is 3.13. The van der Waals surface area contributed by atoms with Crippen LogP contribution < -0.4 is 20.7 Å². The number of amides is 3. The van der Waals surface area contributed by atoms with Crippen LogP contribution >= 0.6 is 0 Å². The van der Waals surface area contributed by atoms with Gasteiger partial charge in [0.15, 0.2) is 0 Å². The molecule has 6 nitrogen and oxygen atoms in total. The van der Waals surface area contributed by atoms with Gasteiger partial charge in [0, 0.05) is 16.9 Å². The van der Waals surface area contributed by atoms with Gasteiger partial charge in [0.1, 0.15) is 12.4 Å². The molecule has 0 fully saturated rings. The second kappa shape index (κ2) is 10.3. The first kappa shape index (κ1) is 21.9. The minimum atomic E-state index is -0.353. The number of anilines is 2. The van der Waals surface area contributed by atoms with Crippen LogP contribution in [0, 0.1) is 20.8 Å². The van der Waals surface area contributed by atoms with Gasteiger partial charge in [0.25, 0.3) is 5.91 Å². The van der Waals surface area contributed by atoms with Gasteiger partial charge in [-0.25, -0.2) is 4.79 Å². The smallest absolute Gasteiger partial charge is 0.319 e. The maximum atomic E-state index is 12.5. The molecule has 0 heterocycles. The van der Waals surface area contributed by atoms with Crippen LogP contribution in [-0.2, 0) is 0 Å². The van der Waals surface area contributed by atoms with E-state index in [-0.39, 0.29) is 11.9 Å². The van der Waals surface area contributed by atoms with Gasteiger partial charge in [0.2, 0.25) is 0 Å². The molecule has 0 aliphatic carbocycles. The van der Waals surface area contributed by atoms with Crippen LogP contribution in [0.2, 0.25) is 0 Å². The first-order chi connectivity index (χ1) is 14.9. The normalized spacial score (nSPS) is 10.3. The summed E-state index contributed by atoms with van der Waals surface area (Å²) < 4.78 is 5.80. The van der Waals surface area contributed by atoms with Crippen LogP contribution in [0.1, 0.15) is 27.0 Å². The molecule has 0 aliphatic rings. The fraction of sp³-hybridized carbons (Fsp3) is 0.200. The number of ether oxygens (including phenoxy) is 1. The zero-order chi connectivity index (χ0) is 22.2. The lowest BCUT2D eigenvalue weighted by molar-refractivity contribution is 0.102. The Hall–Kier alpha value is -3.80. The summed E-state index contributed by atoms with van der Waals surface area (Å²) in [6.45, 7) is 6.57. The molecule has 0 atom stereocenters. The van der Waals surface area contributed by atoms with Gasteiger partial charge >= 0.3 is 6.03 Å². The zero-order valence-corrected chi connectivity index (χ0v) is 18.0. The van der Waals surface area contributed by atoms with Crippen LogP contribution in [0.4, 0.5) is 16.2 Å². The van der Waals surface area contributed by atoms with Gasteiger partial charge in [0.05, 0.1) is 6.54 Å². The molecule has 3 aromatic carbocycles. The van der Waals surface area contributed by atoms with Crippen LogP contribution in [0.5, 0.6) is 5.75 Å². The Morgan fingerprint density at radius 1 is 0.806 bits per heavy atom. The molecule has 0 saturated heterocycles. The van der Waals surface area contributed by atoms with Crippen LogP contribution in [0.15, 0.2) is 66.7 Å². The molecule has 31 heavy (non-hydrogen) atoms. The highest BCUT2D eigenvalue weighted by Crippen LogP contribution is 2.22. The lowest BCUT2D eigenvalue weighted by atomic mass is 10.1. The maximum Gasteiger partial charge on any atom is 0.319 e. The van der Waals surface area contributed by atoms with Gasteiger partial charge in [-0.15, -0.1) is 0 Å². The van der Waals surface area contributed by atoms with Gasteiger partial charge in [-0.3, -0.25) is 4.79 Å². The summed E-state index contributed by atoms with van der Waals surface area (Å²) in [4.78, 5) is 24.8. The van der Waals surface area contributed by atoms with Gasteiger partial charge in [-0.05, 0) is 61.7 Å². The van der Waals surface area contributed by atoms with Crippen LogP contribution in [0.3, 0.4) is 0 Å². The van der Waals surface area contributed by atoms with Crippen molar-refractivity contribution in [2.24, 2.45) is 0 Å². The van der Waals surface area contributed by atoms with Gasteiger partial charge < -0.3 is 20.7 Å². The van der Waals surface area contributed by atoms with E-state index in [0.717, 1.165) is 22.4 Å². The predicted molar refractivity (Wildman–Crippen MR) is 124 cm³/mol. The van der Waals surface area contributed by atoms with Crippen molar-refractivity contribution in [1.82, 2.24) is 5.32 Å². The van der Waals surface area contributed by atoms with Crippen molar-refractivity contribution in [1.29, 1.82) is 0 Å². The third-order valence-corrected chi connectivity index (χ3v) is 4.82. The number of carbonyl (C=O) groups is 2. The van der Waals surface area contributed by atoms with E-state index in [1.807, 2.05) is 69.3 Å². The third kappa shape index (κ3) is 6.09. The molecule has 0 saturated carbocycles. The molecular formula is C25H27N3O3. The Bertz CT molecular complexity index is 1040. The largest absolute Gasteiger partial charge is 0.491 e. The topological polar surface area (TPSA) is 79.5 Å². The maximum absolute atomic E-state index is 12.5. The second-order valence-electron chi connectivity index (χ2n) is 7.30. The monoisotopic (exact) mass is 417 g/mol. The Balaban J connectivity index is 1.53. The van der Waals surface area contributed by atoms with Crippen molar-refractivity contribution in [2.75, 3.05) is 23.8 Å². The summed E-state index contributed by atoms with van der Waals surface area (Å²) in [5.74, 6) is 0.606. The Labute approximate surface area is 182 Å². The quantitative estimate of drug-likeness (QED) is 0.470. The number of nitrogens with one attached hydrogen (secondary N) is 3.